The SMILES string of the molecule is c1cc(-c2cnc3nncnc3c2)nc(N2CCNCC2)n1. The van der Waals surface area contributed by atoms with Crippen molar-refractivity contribution in [3.8, 4) is 11.3 Å². The highest BCUT2D eigenvalue weighted by atomic mass is 15.3. The van der Waals surface area contributed by atoms with E-state index in [0.717, 1.165) is 43.4 Å². The first-order chi connectivity index (χ1) is 10.9. The number of rotatable bonds is 2. The van der Waals surface area contributed by atoms with E-state index in [0.29, 0.717) is 11.2 Å². The topological polar surface area (TPSA) is 92.6 Å². The molecule has 4 heterocycles. The van der Waals surface area contributed by atoms with E-state index >= 15 is 0 Å². The lowest BCUT2D eigenvalue weighted by molar-refractivity contribution is 0.580. The van der Waals surface area contributed by atoms with Gasteiger partial charge in [0, 0.05) is 44.1 Å². The van der Waals surface area contributed by atoms with Gasteiger partial charge in [-0.15, -0.1) is 10.2 Å². The van der Waals surface area contributed by atoms with Gasteiger partial charge in [-0.1, -0.05) is 0 Å². The molecule has 0 amide bonds. The fourth-order valence-corrected chi connectivity index (χ4v) is 2.45. The Hall–Kier alpha value is -2.74. The summed E-state index contributed by atoms with van der Waals surface area (Å²) in [5.41, 5.74) is 2.96. The predicted molar refractivity (Wildman–Crippen MR) is 81.2 cm³/mol. The molecule has 4 rings (SSSR count). The van der Waals surface area contributed by atoms with Gasteiger partial charge in [0.15, 0.2) is 5.65 Å². The van der Waals surface area contributed by atoms with Crippen molar-refractivity contribution in [2.45, 2.75) is 0 Å². The minimum atomic E-state index is 0.530. The molecule has 0 bridgehead atoms. The number of fused-ring (bicyclic) bond motifs is 1. The normalized spacial score (nSPS) is 15.2. The van der Waals surface area contributed by atoms with E-state index in [-0.39, 0.29) is 0 Å². The van der Waals surface area contributed by atoms with Crippen LogP contribution in [-0.4, -0.2) is 56.3 Å². The maximum Gasteiger partial charge on any atom is 0.225 e. The highest BCUT2D eigenvalue weighted by Gasteiger charge is 2.14. The minimum Gasteiger partial charge on any atom is -0.338 e. The number of hydrogen-bond acceptors (Lipinski definition) is 8. The van der Waals surface area contributed by atoms with Gasteiger partial charge in [-0.3, -0.25) is 0 Å². The van der Waals surface area contributed by atoms with E-state index in [1.54, 1.807) is 12.4 Å². The Morgan fingerprint density at radius 3 is 2.91 bits per heavy atom. The van der Waals surface area contributed by atoms with Gasteiger partial charge in [0.2, 0.25) is 5.95 Å². The molecule has 8 nitrogen and oxygen atoms in total. The monoisotopic (exact) mass is 294 g/mol. The molecule has 1 N–H and O–H groups in total. The van der Waals surface area contributed by atoms with E-state index in [1.807, 2.05) is 12.1 Å². The highest BCUT2D eigenvalue weighted by molar-refractivity contribution is 5.75. The van der Waals surface area contributed by atoms with Gasteiger partial charge in [0.05, 0.1) is 5.69 Å². The first-order valence-electron chi connectivity index (χ1n) is 7.13. The average molecular weight is 294 g/mol. The Balaban J connectivity index is 1.71. The van der Waals surface area contributed by atoms with Gasteiger partial charge in [-0.25, -0.2) is 19.9 Å². The number of nitrogens with one attached hydrogen (secondary N) is 1. The first kappa shape index (κ1) is 13.0. The molecule has 3 aromatic heterocycles. The van der Waals surface area contributed by atoms with Gasteiger partial charge >= 0.3 is 0 Å². The molecular formula is C14H14N8. The third-order valence-electron chi connectivity index (χ3n) is 3.59. The number of hydrogen-bond donors (Lipinski definition) is 1. The molecule has 1 fully saturated rings. The van der Waals surface area contributed by atoms with Gasteiger partial charge in [-0.2, -0.15) is 0 Å². The molecule has 1 aliphatic heterocycles. The number of anilines is 1. The Bertz CT molecular complexity index is 799. The van der Waals surface area contributed by atoms with Crippen LogP contribution in [0.5, 0.6) is 0 Å². The molecule has 0 radical (unpaired) electrons. The summed E-state index contributed by atoms with van der Waals surface area (Å²) in [7, 11) is 0. The van der Waals surface area contributed by atoms with Crippen molar-refractivity contribution < 1.29 is 0 Å². The molecular weight excluding hydrogens is 280 g/mol. The number of piperazine rings is 1. The maximum absolute atomic E-state index is 4.66. The highest BCUT2D eigenvalue weighted by Crippen LogP contribution is 2.20. The Kier molecular flexibility index (Phi) is 3.28. The average Bonchev–Trinajstić information content (AvgIpc) is 2.62. The first-order valence-corrected chi connectivity index (χ1v) is 7.13. The van der Waals surface area contributed by atoms with Crippen molar-refractivity contribution in [3.63, 3.8) is 0 Å². The fraction of sp³-hybridized carbons (Fsp3) is 0.286. The van der Waals surface area contributed by atoms with Crippen LogP contribution in [-0.2, 0) is 0 Å². The molecule has 0 aromatic carbocycles. The van der Waals surface area contributed by atoms with Crippen molar-refractivity contribution in [1.29, 1.82) is 0 Å². The molecule has 0 aliphatic carbocycles. The van der Waals surface area contributed by atoms with Gasteiger partial charge in [0.1, 0.15) is 11.8 Å². The Morgan fingerprint density at radius 2 is 2.00 bits per heavy atom. The summed E-state index contributed by atoms with van der Waals surface area (Å²) in [6.45, 7) is 3.73. The van der Waals surface area contributed by atoms with E-state index in [4.69, 9.17) is 0 Å². The lowest BCUT2D eigenvalue weighted by atomic mass is 10.2. The standard InChI is InChI=1S/C14H14N8/c1-2-16-14(22-5-3-15-4-6-22)20-11(1)10-7-12-13(17-8-10)21-19-9-18-12/h1-2,7-9,15H,3-6H2. The number of nitrogens with zero attached hydrogens (tertiary/aromatic N) is 7. The molecule has 1 aliphatic rings. The quantitative estimate of drug-likeness (QED) is 0.721. The lowest BCUT2D eigenvalue weighted by Gasteiger charge is -2.27. The fourth-order valence-electron chi connectivity index (χ4n) is 2.45. The largest absolute Gasteiger partial charge is 0.338 e. The van der Waals surface area contributed by atoms with Crippen LogP contribution in [0.1, 0.15) is 0 Å². The molecule has 110 valence electrons. The van der Waals surface area contributed by atoms with E-state index in [9.17, 15) is 0 Å². The molecule has 1 saturated heterocycles. The Morgan fingerprint density at radius 1 is 1.09 bits per heavy atom. The van der Waals surface area contributed by atoms with Crippen molar-refractivity contribution in [3.05, 3.63) is 30.9 Å². The molecule has 0 unspecified atom stereocenters. The predicted octanol–water partition coefficient (Wildman–Crippen LogP) is 0.286. The van der Waals surface area contributed by atoms with Crippen molar-refractivity contribution >= 4 is 17.1 Å². The van der Waals surface area contributed by atoms with E-state index < -0.39 is 0 Å². The summed E-state index contributed by atoms with van der Waals surface area (Å²) in [6.07, 6.45) is 4.94. The number of pyridine rings is 1. The molecule has 8 heteroatoms. The zero-order chi connectivity index (χ0) is 14.8. The molecule has 0 atom stereocenters. The van der Waals surface area contributed by atoms with Crippen LogP contribution < -0.4 is 10.2 Å². The van der Waals surface area contributed by atoms with Crippen LogP contribution in [0, 0.1) is 0 Å². The van der Waals surface area contributed by atoms with Gasteiger partial charge in [-0.05, 0) is 12.1 Å². The second-order valence-electron chi connectivity index (χ2n) is 5.01. The van der Waals surface area contributed by atoms with Crippen molar-refractivity contribution in [2.24, 2.45) is 0 Å². The van der Waals surface area contributed by atoms with Crippen molar-refractivity contribution in [2.75, 3.05) is 31.1 Å². The summed E-state index contributed by atoms with van der Waals surface area (Å²) >= 11 is 0. The summed E-state index contributed by atoms with van der Waals surface area (Å²) in [4.78, 5) is 19.7. The van der Waals surface area contributed by atoms with Crippen LogP contribution in [0.25, 0.3) is 22.4 Å². The van der Waals surface area contributed by atoms with Gasteiger partial charge < -0.3 is 10.2 Å². The van der Waals surface area contributed by atoms with Crippen LogP contribution in [0.15, 0.2) is 30.9 Å². The lowest BCUT2D eigenvalue weighted by Crippen LogP contribution is -2.44. The molecule has 0 spiro atoms. The summed E-state index contributed by atoms with van der Waals surface area (Å²) in [5.74, 6) is 0.750. The van der Waals surface area contributed by atoms with E-state index in [2.05, 4.69) is 40.3 Å². The van der Waals surface area contributed by atoms with E-state index in [1.165, 1.54) is 6.33 Å². The summed E-state index contributed by atoms with van der Waals surface area (Å²) in [5, 5.41) is 11.0. The third kappa shape index (κ3) is 2.44. The molecule has 22 heavy (non-hydrogen) atoms. The van der Waals surface area contributed by atoms with Crippen LogP contribution in [0.3, 0.4) is 0 Å². The molecule has 0 saturated carbocycles. The zero-order valence-electron chi connectivity index (χ0n) is 11.8. The van der Waals surface area contributed by atoms with Gasteiger partial charge in [0.25, 0.3) is 0 Å². The summed E-state index contributed by atoms with van der Waals surface area (Å²) < 4.78 is 0. The minimum absolute atomic E-state index is 0.530. The zero-order valence-corrected chi connectivity index (χ0v) is 11.8. The smallest absolute Gasteiger partial charge is 0.225 e. The van der Waals surface area contributed by atoms with Crippen molar-refractivity contribution in [1.82, 2.24) is 35.5 Å². The van der Waals surface area contributed by atoms with Crippen LogP contribution in [0.2, 0.25) is 0 Å². The molecule has 3 aromatic rings. The van der Waals surface area contributed by atoms with Crippen LogP contribution >= 0.6 is 0 Å². The third-order valence-corrected chi connectivity index (χ3v) is 3.59. The Labute approximate surface area is 126 Å². The second-order valence-corrected chi connectivity index (χ2v) is 5.01. The summed E-state index contributed by atoms with van der Waals surface area (Å²) in [6, 6.07) is 3.80. The number of aromatic nitrogens is 6. The second kappa shape index (κ2) is 5.57. The van der Waals surface area contributed by atoms with Crippen LogP contribution in [0.4, 0.5) is 5.95 Å². The maximum atomic E-state index is 4.66.